The topological polar surface area (TPSA) is 52.8 Å². The van der Waals surface area contributed by atoms with Gasteiger partial charge in [0.05, 0.1) is 13.1 Å². The summed E-state index contributed by atoms with van der Waals surface area (Å²) >= 11 is 0. The number of aryl methyl sites for hydroxylation is 2. The van der Waals surface area contributed by atoms with Gasteiger partial charge in [-0.25, -0.2) is 4.99 Å². The highest BCUT2D eigenvalue weighted by Gasteiger charge is 2.34. The van der Waals surface area contributed by atoms with Crippen LogP contribution in [0.15, 0.2) is 15.5 Å². The molecule has 1 fully saturated rings. The molecule has 5 nitrogen and oxygen atoms in total. The Morgan fingerprint density at radius 3 is 2.68 bits per heavy atom. The van der Waals surface area contributed by atoms with E-state index < -0.39 is 12.7 Å². The number of alkyl halides is 3. The number of hydrogen-bond acceptors (Lipinski definition) is 3. The van der Waals surface area contributed by atoms with E-state index in [2.05, 4.69) is 15.6 Å². The van der Waals surface area contributed by atoms with Gasteiger partial charge >= 0.3 is 6.18 Å². The normalized spacial score (nSPS) is 19.0. The predicted molar refractivity (Wildman–Crippen MR) is 102 cm³/mol. The number of hydrogen-bond donors (Lipinski definition) is 2. The van der Waals surface area contributed by atoms with Gasteiger partial charge in [0.15, 0.2) is 5.96 Å². The quantitative estimate of drug-likeness (QED) is 0.391. The van der Waals surface area contributed by atoms with Gasteiger partial charge in [-0.15, -0.1) is 24.0 Å². The molecule has 0 saturated carbocycles. The first-order valence-corrected chi connectivity index (χ1v) is 8.16. The standard InChI is InChI=1S/C16H25F3N4O.HI/c1-4-20-15(21-8-13-7-11(2)24-12(13)3)22-14-5-6-23(9-14)10-16(17,18)19;/h7,14H,4-6,8-10H2,1-3H3,(H2,20,21,22);1H. The van der Waals surface area contributed by atoms with Crippen LogP contribution in [0.3, 0.4) is 0 Å². The van der Waals surface area contributed by atoms with Crippen LogP contribution in [0, 0.1) is 13.8 Å². The summed E-state index contributed by atoms with van der Waals surface area (Å²) in [5.41, 5.74) is 1.01. The molecule has 0 aromatic carbocycles. The van der Waals surface area contributed by atoms with Crippen LogP contribution in [-0.4, -0.2) is 49.3 Å². The summed E-state index contributed by atoms with van der Waals surface area (Å²) in [6.45, 7) is 6.85. The van der Waals surface area contributed by atoms with Crippen molar-refractivity contribution < 1.29 is 17.6 Å². The summed E-state index contributed by atoms with van der Waals surface area (Å²) < 4.78 is 42.9. The first kappa shape index (κ1) is 22.1. The molecule has 2 heterocycles. The number of rotatable bonds is 5. The largest absolute Gasteiger partial charge is 0.466 e. The molecule has 0 radical (unpaired) electrons. The van der Waals surface area contributed by atoms with Crippen molar-refractivity contribution in [2.24, 2.45) is 4.99 Å². The molecule has 25 heavy (non-hydrogen) atoms. The molecule has 1 aromatic rings. The van der Waals surface area contributed by atoms with Crippen LogP contribution in [0.25, 0.3) is 0 Å². The van der Waals surface area contributed by atoms with Crippen molar-refractivity contribution in [2.45, 2.75) is 46.0 Å². The Balaban J connectivity index is 0.00000312. The molecule has 0 spiro atoms. The van der Waals surface area contributed by atoms with Crippen molar-refractivity contribution in [3.05, 3.63) is 23.2 Å². The van der Waals surface area contributed by atoms with E-state index in [1.54, 1.807) is 0 Å². The number of halogens is 4. The van der Waals surface area contributed by atoms with Crippen molar-refractivity contribution in [1.82, 2.24) is 15.5 Å². The number of guanidine groups is 1. The molecule has 1 saturated heterocycles. The average Bonchev–Trinajstić information content (AvgIpc) is 3.01. The Bertz CT molecular complexity index is 574. The zero-order chi connectivity index (χ0) is 17.7. The van der Waals surface area contributed by atoms with E-state index in [1.807, 2.05) is 26.8 Å². The summed E-state index contributed by atoms with van der Waals surface area (Å²) in [6.07, 6.45) is -3.48. The molecule has 1 aromatic heterocycles. The highest BCUT2D eigenvalue weighted by atomic mass is 127. The van der Waals surface area contributed by atoms with E-state index in [4.69, 9.17) is 4.42 Å². The molecular weight excluding hydrogens is 448 g/mol. The van der Waals surface area contributed by atoms with Gasteiger partial charge in [-0.1, -0.05) is 0 Å². The van der Waals surface area contributed by atoms with Gasteiger partial charge < -0.3 is 15.1 Å². The summed E-state index contributed by atoms with van der Waals surface area (Å²) in [4.78, 5) is 5.94. The van der Waals surface area contributed by atoms with Crippen molar-refractivity contribution in [3.63, 3.8) is 0 Å². The lowest BCUT2D eigenvalue weighted by molar-refractivity contribution is -0.143. The fourth-order valence-electron chi connectivity index (χ4n) is 2.87. The lowest BCUT2D eigenvalue weighted by Crippen LogP contribution is -2.45. The van der Waals surface area contributed by atoms with E-state index >= 15 is 0 Å². The minimum Gasteiger partial charge on any atom is -0.466 e. The van der Waals surface area contributed by atoms with E-state index in [9.17, 15) is 13.2 Å². The van der Waals surface area contributed by atoms with Crippen molar-refractivity contribution in [3.8, 4) is 0 Å². The van der Waals surface area contributed by atoms with Crippen LogP contribution in [0.1, 0.15) is 30.4 Å². The van der Waals surface area contributed by atoms with Crippen LogP contribution in [0.4, 0.5) is 13.2 Å². The van der Waals surface area contributed by atoms with E-state index in [0.717, 1.165) is 17.1 Å². The SMILES string of the molecule is CCNC(=NCc1cc(C)oc1C)NC1CCN(CC(F)(F)F)C1.I. The van der Waals surface area contributed by atoms with Crippen molar-refractivity contribution >= 4 is 29.9 Å². The van der Waals surface area contributed by atoms with Gasteiger partial charge in [0.2, 0.25) is 0 Å². The Hall–Kier alpha value is -0.970. The minimum atomic E-state index is -4.15. The highest BCUT2D eigenvalue weighted by molar-refractivity contribution is 14.0. The Morgan fingerprint density at radius 1 is 1.40 bits per heavy atom. The summed E-state index contributed by atoms with van der Waals surface area (Å²) in [7, 11) is 0. The van der Waals surface area contributed by atoms with Crippen LogP contribution >= 0.6 is 24.0 Å². The highest BCUT2D eigenvalue weighted by Crippen LogP contribution is 2.20. The monoisotopic (exact) mass is 474 g/mol. The molecule has 1 atom stereocenters. The Labute approximate surface area is 163 Å². The van der Waals surface area contributed by atoms with Gasteiger partial charge in [-0.2, -0.15) is 13.2 Å². The maximum absolute atomic E-state index is 12.5. The lowest BCUT2D eigenvalue weighted by Gasteiger charge is -2.19. The second-order valence-corrected chi connectivity index (χ2v) is 6.11. The number of furan rings is 1. The molecule has 144 valence electrons. The molecular formula is C16H26F3IN4O. The second-order valence-electron chi connectivity index (χ2n) is 6.11. The first-order valence-electron chi connectivity index (χ1n) is 8.16. The van der Waals surface area contributed by atoms with E-state index in [-0.39, 0.29) is 30.0 Å². The maximum Gasteiger partial charge on any atom is 0.401 e. The molecule has 1 aliphatic heterocycles. The summed E-state index contributed by atoms with van der Waals surface area (Å²) in [5, 5.41) is 6.37. The van der Waals surface area contributed by atoms with E-state index in [1.165, 1.54) is 4.90 Å². The second kappa shape index (κ2) is 9.65. The molecule has 2 N–H and O–H groups in total. The van der Waals surface area contributed by atoms with Crippen LogP contribution in [0.2, 0.25) is 0 Å². The minimum absolute atomic E-state index is 0. The number of likely N-dealkylation sites (tertiary alicyclic amines) is 1. The van der Waals surface area contributed by atoms with Gasteiger partial charge in [-0.3, -0.25) is 4.90 Å². The number of nitrogens with zero attached hydrogens (tertiary/aromatic N) is 2. The maximum atomic E-state index is 12.5. The lowest BCUT2D eigenvalue weighted by atomic mass is 10.2. The third-order valence-corrected chi connectivity index (χ3v) is 3.91. The fraction of sp³-hybridized carbons (Fsp3) is 0.688. The smallest absolute Gasteiger partial charge is 0.401 e. The van der Waals surface area contributed by atoms with E-state index in [0.29, 0.717) is 38.6 Å². The van der Waals surface area contributed by atoms with Crippen LogP contribution in [-0.2, 0) is 6.54 Å². The zero-order valence-electron chi connectivity index (χ0n) is 14.7. The molecule has 0 aliphatic carbocycles. The van der Waals surface area contributed by atoms with Gasteiger partial charge in [0.25, 0.3) is 0 Å². The average molecular weight is 474 g/mol. The Kier molecular flexibility index (Phi) is 8.52. The first-order chi connectivity index (χ1) is 11.3. The molecule has 1 aliphatic rings. The molecule has 1 unspecified atom stereocenters. The van der Waals surface area contributed by atoms with Gasteiger partial charge in [-0.05, 0) is 33.3 Å². The summed E-state index contributed by atoms with van der Waals surface area (Å²) in [6, 6.07) is 1.92. The third kappa shape index (κ3) is 7.43. The molecule has 9 heteroatoms. The molecule has 0 amide bonds. The fourth-order valence-corrected chi connectivity index (χ4v) is 2.87. The van der Waals surface area contributed by atoms with Crippen molar-refractivity contribution in [2.75, 3.05) is 26.2 Å². The van der Waals surface area contributed by atoms with Crippen molar-refractivity contribution in [1.29, 1.82) is 0 Å². The van der Waals surface area contributed by atoms with Crippen LogP contribution < -0.4 is 10.6 Å². The number of nitrogens with one attached hydrogen (secondary N) is 2. The zero-order valence-corrected chi connectivity index (χ0v) is 17.1. The summed E-state index contributed by atoms with van der Waals surface area (Å²) in [5.74, 6) is 2.30. The van der Waals surface area contributed by atoms with Crippen LogP contribution in [0.5, 0.6) is 0 Å². The predicted octanol–water partition coefficient (Wildman–Crippen LogP) is 3.21. The third-order valence-electron chi connectivity index (χ3n) is 3.91. The van der Waals surface area contributed by atoms with Gasteiger partial charge in [0, 0.05) is 31.2 Å². The molecule has 0 bridgehead atoms. The Morgan fingerprint density at radius 2 is 2.12 bits per heavy atom. The number of aliphatic imine (C=N–C) groups is 1. The molecule has 2 rings (SSSR count). The van der Waals surface area contributed by atoms with Gasteiger partial charge in [0.1, 0.15) is 11.5 Å².